The molecule has 9 heteroatoms. The van der Waals surface area contributed by atoms with Crippen molar-refractivity contribution in [2.45, 2.75) is 42.0 Å². The topological polar surface area (TPSA) is 58.2 Å². The summed E-state index contributed by atoms with van der Waals surface area (Å²) in [4.78, 5) is 0.188. The largest absolute Gasteiger partial charge is 0.378 e. The molecule has 0 spiro atoms. The maximum atomic E-state index is 14.6. The molecular weight excluding hydrogens is 603 g/mol. The van der Waals surface area contributed by atoms with Gasteiger partial charge in [0.1, 0.15) is 5.82 Å². The number of hydrogen-bond acceptors (Lipinski definition) is 3. The van der Waals surface area contributed by atoms with E-state index >= 15 is 0 Å². The van der Waals surface area contributed by atoms with Crippen LogP contribution in [0, 0.1) is 5.82 Å². The van der Waals surface area contributed by atoms with E-state index in [0.29, 0.717) is 21.1 Å². The summed E-state index contributed by atoms with van der Waals surface area (Å²) < 4.78 is 45.1. The summed E-state index contributed by atoms with van der Waals surface area (Å²) in [5.74, 6) is -0.304. The van der Waals surface area contributed by atoms with Crippen LogP contribution in [0.5, 0.6) is 0 Å². The quantitative estimate of drug-likeness (QED) is 0.388. The fraction of sp³-hybridized carbons (Fsp3) is 0.333. The molecule has 1 saturated carbocycles. The molecule has 0 amide bonds. The van der Waals surface area contributed by atoms with Crippen LogP contribution in [0.25, 0.3) is 0 Å². The highest BCUT2D eigenvalue weighted by Gasteiger charge is 2.50. The monoisotopic (exact) mass is 620 g/mol. The first-order valence-electron chi connectivity index (χ1n) is 9.54. The molecule has 2 atom stereocenters. The molecule has 1 aliphatic carbocycles. The van der Waals surface area contributed by atoms with Gasteiger partial charge < -0.3 is 5.32 Å². The Hall–Kier alpha value is -0.740. The van der Waals surface area contributed by atoms with E-state index in [4.69, 9.17) is 0 Å². The van der Waals surface area contributed by atoms with Gasteiger partial charge in [0, 0.05) is 31.4 Å². The third kappa shape index (κ3) is 3.81. The van der Waals surface area contributed by atoms with Gasteiger partial charge in [0.05, 0.1) is 10.6 Å². The van der Waals surface area contributed by atoms with Crippen LogP contribution in [0.1, 0.15) is 31.2 Å². The van der Waals surface area contributed by atoms with Crippen molar-refractivity contribution in [2.24, 2.45) is 0 Å². The third-order valence-corrected chi connectivity index (χ3v) is 9.86. The van der Waals surface area contributed by atoms with Crippen LogP contribution in [0.3, 0.4) is 0 Å². The Morgan fingerprint density at radius 3 is 2.70 bits per heavy atom. The van der Waals surface area contributed by atoms with Gasteiger partial charge in [-0.2, -0.15) is 0 Å². The van der Waals surface area contributed by atoms with Crippen LogP contribution in [0.4, 0.5) is 10.1 Å². The van der Waals surface area contributed by atoms with Gasteiger partial charge in [-0.15, -0.1) is 0 Å². The fourth-order valence-electron chi connectivity index (χ4n) is 4.65. The molecule has 2 aromatic rings. The number of rotatable bonds is 5. The Morgan fingerprint density at radius 1 is 1.20 bits per heavy atom. The van der Waals surface area contributed by atoms with E-state index in [1.54, 1.807) is 18.2 Å². The number of halogens is 4. The van der Waals surface area contributed by atoms with E-state index in [1.807, 2.05) is 6.07 Å². The molecule has 2 unspecified atom stereocenters. The number of fused-ring (bicyclic) bond motifs is 3. The minimum atomic E-state index is -3.68. The van der Waals surface area contributed by atoms with Crippen molar-refractivity contribution >= 4 is 63.5 Å². The van der Waals surface area contributed by atoms with Gasteiger partial charge in [-0.3, -0.25) is 0 Å². The zero-order chi connectivity index (χ0) is 21.7. The standard InChI is InChI=1S/C21H20Br3FN2O2S/c1-12-3-2-4-19-21(12,15-9-13(22)10-18(25)20(15)27-19)7-8-26-30(28,29)14-5-6-16(23)17(24)11-14/h5-6,9-11,19,26-27H,1-4,7-8H2. The molecule has 1 aliphatic heterocycles. The molecule has 4 rings (SSSR count). The number of sulfonamides is 1. The van der Waals surface area contributed by atoms with Crippen molar-refractivity contribution in [2.75, 3.05) is 11.9 Å². The normalized spacial score (nSPS) is 23.1. The lowest BCUT2D eigenvalue weighted by Crippen LogP contribution is -2.45. The van der Waals surface area contributed by atoms with Gasteiger partial charge in [0.15, 0.2) is 0 Å². The van der Waals surface area contributed by atoms with E-state index in [9.17, 15) is 12.8 Å². The lowest BCUT2D eigenvalue weighted by Gasteiger charge is -2.42. The average molecular weight is 623 g/mol. The molecule has 160 valence electrons. The molecule has 2 aromatic carbocycles. The molecule has 30 heavy (non-hydrogen) atoms. The number of benzene rings is 2. The van der Waals surface area contributed by atoms with Crippen molar-refractivity contribution in [1.82, 2.24) is 4.72 Å². The molecule has 2 aliphatic rings. The van der Waals surface area contributed by atoms with Crippen LogP contribution in [-0.2, 0) is 15.4 Å². The highest BCUT2D eigenvalue weighted by atomic mass is 79.9. The number of anilines is 1. The SMILES string of the molecule is C=C1CCCC2Nc3c(F)cc(Br)cc3C12CCNS(=O)(=O)c1ccc(Br)c(Br)c1. The molecule has 0 bridgehead atoms. The first kappa shape index (κ1) is 22.5. The Balaban J connectivity index is 1.62. The molecular formula is C21H20Br3FN2O2S. The zero-order valence-corrected chi connectivity index (χ0v) is 21.5. The molecule has 2 N–H and O–H groups in total. The number of nitrogens with one attached hydrogen (secondary N) is 2. The average Bonchev–Trinajstić information content (AvgIpc) is 3.00. The second-order valence-electron chi connectivity index (χ2n) is 7.70. The third-order valence-electron chi connectivity index (χ3n) is 6.06. The Morgan fingerprint density at radius 2 is 1.97 bits per heavy atom. The predicted molar refractivity (Wildman–Crippen MR) is 128 cm³/mol. The van der Waals surface area contributed by atoms with Crippen molar-refractivity contribution in [1.29, 1.82) is 0 Å². The van der Waals surface area contributed by atoms with Crippen LogP contribution < -0.4 is 10.0 Å². The van der Waals surface area contributed by atoms with E-state index in [2.05, 4.69) is 64.4 Å². The summed E-state index contributed by atoms with van der Waals surface area (Å²) in [5.41, 5.74) is 1.88. The van der Waals surface area contributed by atoms with Crippen LogP contribution in [0.15, 0.2) is 60.8 Å². The van der Waals surface area contributed by atoms with Gasteiger partial charge in [-0.25, -0.2) is 17.5 Å². The van der Waals surface area contributed by atoms with E-state index in [-0.39, 0.29) is 23.3 Å². The fourth-order valence-corrected chi connectivity index (χ4v) is 6.92. The van der Waals surface area contributed by atoms with Gasteiger partial charge in [-0.1, -0.05) is 28.1 Å². The highest BCUT2D eigenvalue weighted by molar-refractivity contribution is 9.13. The summed E-state index contributed by atoms with van der Waals surface area (Å²) in [6.07, 6.45) is 3.21. The summed E-state index contributed by atoms with van der Waals surface area (Å²) >= 11 is 10.1. The molecule has 1 fully saturated rings. The van der Waals surface area contributed by atoms with Gasteiger partial charge in [0.2, 0.25) is 10.0 Å². The van der Waals surface area contributed by atoms with Crippen molar-refractivity contribution in [3.63, 3.8) is 0 Å². The zero-order valence-electron chi connectivity index (χ0n) is 15.9. The summed E-state index contributed by atoms with van der Waals surface area (Å²) in [6, 6.07) is 8.19. The maximum absolute atomic E-state index is 14.6. The van der Waals surface area contributed by atoms with Gasteiger partial charge >= 0.3 is 0 Å². The van der Waals surface area contributed by atoms with Gasteiger partial charge in [-0.05, 0) is 93.4 Å². The summed E-state index contributed by atoms with van der Waals surface area (Å²) in [5, 5.41) is 3.35. The van der Waals surface area contributed by atoms with Crippen molar-refractivity contribution in [3.05, 3.63) is 67.3 Å². The van der Waals surface area contributed by atoms with E-state index < -0.39 is 15.4 Å². The minimum absolute atomic E-state index is 0.00359. The van der Waals surface area contributed by atoms with E-state index in [0.717, 1.165) is 34.9 Å². The highest BCUT2D eigenvalue weighted by Crippen LogP contribution is 2.54. The lowest BCUT2D eigenvalue weighted by atomic mass is 9.63. The van der Waals surface area contributed by atoms with Crippen molar-refractivity contribution in [3.8, 4) is 0 Å². The van der Waals surface area contributed by atoms with Crippen LogP contribution in [-0.4, -0.2) is 21.0 Å². The number of hydrogen-bond donors (Lipinski definition) is 2. The Bertz CT molecular complexity index is 1140. The second-order valence-corrected chi connectivity index (χ2v) is 12.1. The van der Waals surface area contributed by atoms with Crippen LogP contribution in [0.2, 0.25) is 0 Å². The summed E-state index contributed by atoms with van der Waals surface area (Å²) in [6.45, 7) is 4.54. The van der Waals surface area contributed by atoms with Gasteiger partial charge in [0.25, 0.3) is 0 Å². The Kier molecular flexibility index (Phi) is 6.22. The summed E-state index contributed by atoms with van der Waals surface area (Å²) in [7, 11) is -3.68. The minimum Gasteiger partial charge on any atom is -0.378 e. The van der Waals surface area contributed by atoms with E-state index in [1.165, 1.54) is 6.07 Å². The van der Waals surface area contributed by atoms with Crippen LogP contribution >= 0.6 is 47.8 Å². The smallest absolute Gasteiger partial charge is 0.240 e. The molecule has 0 aromatic heterocycles. The molecule has 4 nitrogen and oxygen atoms in total. The van der Waals surface area contributed by atoms with Crippen molar-refractivity contribution < 1.29 is 12.8 Å². The first-order valence-corrected chi connectivity index (χ1v) is 13.4. The molecule has 0 radical (unpaired) electrons. The predicted octanol–water partition coefficient (Wildman–Crippen LogP) is 6.25. The first-order chi connectivity index (χ1) is 14.1. The lowest BCUT2D eigenvalue weighted by molar-refractivity contribution is 0.344. The molecule has 1 heterocycles. The maximum Gasteiger partial charge on any atom is 0.240 e. The molecule has 0 saturated heterocycles. The Labute approximate surface area is 201 Å². The second kappa shape index (κ2) is 8.31.